The number of halogens is 1. The van der Waals surface area contributed by atoms with Gasteiger partial charge in [-0.3, -0.25) is 4.79 Å². The zero-order chi connectivity index (χ0) is 14.0. The molecule has 0 N–H and O–H groups in total. The molecule has 0 aromatic carbocycles. The molecule has 19 heavy (non-hydrogen) atoms. The van der Waals surface area contributed by atoms with Crippen molar-refractivity contribution in [1.82, 2.24) is 9.78 Å². The van der Waals surface area contributed by atoms with Gasteiger partial charge in [0.1, 0.15) is 5.00 Å². The van der Waals surface area contributed by atoms with E-state index in [1.54, 1.807) is 29.8 Å². The van der Waals surface area contributed by atoms with Crippen molar-refractivity contribution >= 4 is 33.8 Å². The Hall–Kier alpha value is -1.33. The molecule has 0 radical (unpaired) electrons. The molecule has 0 saturated heterocycles. The van der Waals surface area contributed by atoms with Crippen molar-refractivity contribution in [3.8, 4) is 0 Å². The molecule has 0 spiro atoms. The van der Waals surface area contributed by atoms with E-state index in [-0.39, 0.29) is 5.91 Å². The highest BCUT2D eigenvalue weighted by molar-refractivity contribution is 7.15. The fourth-order valence-corrected chi connectivity index (χ4v) is 3.16. The van der Waals surface area contributed by atoms with Gasteiger partial charge >= 0.3 is 0 Å². The number of hydrogen-bond acceptors (Lipinski definition) is 4. The van der Waals surface area contributed by atoms with Crippen LogP contribution in [0.4, 0.5) is 5.00 Å². The van der Waals surface area contributed by atoms with Crippen molar-refractivity contribution in [3.63, 3.8) is 0 Å². The molecule has 0 bridgehead atoms. The second-order valence-corrected chi connectivity index (χ2v) is 6.37. The molecule has 6 heteroatoms. The summed E-state index contributed by atoms with van der Waals surface area (Å²) in [5, 5.41) is 7.63. The first-order chi connectivity index (χ1) is 8.92. The van der Waals surface area contributed by atoms with Crippen LogP contribution in [0.3, 0.4) is 0 Å². The number of rotatable bonds is 4. The molecule has 0 amide bonds. The molecular formula is C13H16ClN3OS. The summed E-state index contributed by atoms with van der Waals surface area (Å²) >= 11 is 7.68. The summed E-state index contributed by atoms with van der Waals surface area (Å²) in [6.45, 7) is 4.40. The third-order valence-corrected chi connectivity index (χ3v) is 4.31. The van der Waals surface area contributed by atoms with E-state index < -0.39 is 5.41 Å². The Kier molecular flexibility index (Phi) is 3.96. The number of carbonyl (C=O) groups excluding carboxylic acids is 1. The van der Waals surface area contributed by atoms with Crippen molar-refractivity contribution < 1.29 is 4.79 Å². The quantitative estimate of drug-likeness (QED) is 0.868. The average Bonchev–Trinajstić information content (AvgIpc) is 2.97. The lowest BCUT2D eigenvalue weighted by Crippen LogP contribution is -2.40. The van der Waals surface area contributed by atoms with E-state index in [0.717, 1.165) is 10.0 Å². The minimum Gasteiger partial charge on any atom is -0.364 e. The zero-order valence-electron chi connectivity index (χ0n) is 11.1. The maximum atomic E-state index is 12.4. The summed E-state index contributed by atoms with van der Waals surface area (Å²) in [6, 6.07) is 3.61. The summed E-state index contributed by atoms with van der Waals surface area (Å²) < 4.78 is 1.38. The standard InChI is InChI=1S/C13H16ClN3OS/c1-13(2,12(18)17-7-4-6-15-17)9-16(3)11-10(14)5-8-19-11/h4-8H,9H2,1-3H3. The van der Waals surface area contributed by atoms with Crippen molar-refractivity contribution in [2.75, 3.05) is 18.5 Å². The highest BCUT2D eigenvalue weighted by Gasteiger charge is 2.31. The van der Waals surface area contributed by atoms with E-state index in [1.165, 1.54) is 4.68 Å². The molecule has 0 aliphatic heterocycles. The van der Waals surface area contributed by atoms with Crippen LogP contribution < -0.4 is 4.90 Å². The lowest BCUT2D eigenvalue weighted by atomic mass is 9.92. The second-order valence-electron chi connectivity index (χ2n) is 5.07. The predicted octanol–water partition coefficient (Wildman–Crippen LogP) is 3.40. The smallest absolute Gasteiger partial charge is 0.254 e. The molecular weight excluding hydrogens is 282 g/mol. The van der Waals surface area contributed by atoms with Crippen LogP contribution in [0.15, 0.2) is 29.9 Å². The topological polar surface area (TPSA) is 38.1 Å². The zero-order valence-corrected chi connectivity index (χ0v) is 12.7. The van der Waals surface area contributed by atoms with Crippen LogP contribution in [0.2, 0.25) is 5.02 Å². The van der Waals surface area contributed by atoms with Crippen LogP contribution in [0.1, 0.15) is 18.6 Å². The van der Waals surface area contributed by atoms with E-state index in [0.29, 0.717) is 6.54 Å². The molecule has 0 aliphatic carbocycles. The summed E-state index contributed by atoms with van der Waals surface area (Å²) in [5.41, 5.74) is -0.548. The Morgan fingerprint density at radius 1 is 1.58 bits per heavy atom. The van der Waals surface area contributed by atoms with E-state index >= 15 is 0 Å². The monoisotopic (exact) mass is 297 g/mol. The molecule has 0 saturated carbocycles. The first kappa shape index (κ1) is 14.1. The number of hydrogen-bond donors (Lipinski definition) is 0. The number of nitrogens with zero attached hydrogens (tertiary/aromatic N) is 3. The minimum atomic E-state index is -0.548. The lowest BCUT2D eigenvalue weighted by molar-refractivity contribution is 0.0735. The average molecular weight is 298 g/mol. The van der Waals surface area contributed by atoms with Crippen molar-refractivity contribution in [2.45, 2.75) is 13.8 Å². The first-order valence-corrected chi connectivity index (χ1v) is 7.16. The fraction of sp³-hybridized carbons (Fsp3) is 0.385. The normalized spacial score (nSPS) is 11.6. The molecule has 0 fully saturated rings. The van der Waals surface area contributed by atoms with Crippen LogP contribution in [-0.2, 0) is 0 Å². The Balaban J connectivity index is 2.13. The molecule has 0 atom stereocenters. The van der Waals surface area contributed by atoms with Crippen molar-refractivity contribution in [1.29, 1.82) is 0 Å². The molecule has 2 rings (SSSR count). The van der Waals surface area contributed by atoms with Gasteiger partial charge in [-0.2, -0.15) is 5.10 Å². The Bertz CT molecular complexity index is 562. The largest absolute Gasteiger partial charge is 0.364 e. The number of thiophene rings is 1. The predicted molar refractivity (Wildman–Crippen MR) is 79.2 cm³/mol. The van der Waals surface area contributed by atoms with E-state index in [4.69, 9.17) is 11.6 Å². The van der Waals surface area contributed by atoms with Gasteiger partial charge in [0.15, 0.2) is 0 Å². The van der Waals surface area contributed by atoms with E-state index in [2.05, 4.69) is 5.10 Å². The highest BCUT2D eigenvalue weighted by Crippen LogP contribution is 2.33. The Labute approximate surface area is 121 Å². The van der Waals surface area contributed by atoms with Gasteiger partial charge < -0.3 is 4.90 Å². The molecule has 0 unspecified atom stereocenters. The molecule has 2 aromatic rings. The number of aromatic nitrogens is 2. The molecule has 2 aromatic heterocycles. The third-order valence-electron chi connectivity index (χ3n) is 2.87. The van der Waals surface area contributed by atoms with Crippen LogP contribution in [0.5, 0.6) is 0 Å². The SMILES string of the molecule is CN(CC(C)(C)C(=O)n1cccn1)c1sccc1Cl. The van der Waals surface area contributed by atoms with E-state index in [1.807, 2.05) is 37.2 Å². The summed E-state index contributed by atoms with van der Waals surface area (Å²) in [7, 11) is 1.94. The van der Waals surface area contributed by atoms with Crippen LogP contribution >= 0.6 is 22.9 Å². The lowest BCUT2D eigenvalue weighted by Gasteiger charge is -2.29. The van der Waals surface area contributed by atoms with Gasteiger partial charge in [-0.25, -0.2) is 4.68 Å². The summed E-state index contributed by atoms with van der Waals surface area (Å²) in [6.07, 6.45) is 3.27. The molecule has 4 nitrogen and oxygen atoms in total. The van der Waals surface area contributed by atoms with Crippen molar-refractivity contribution in [3.05, 3.63) is 34.9 Å². The van der Waals surface area contributed by atoms with Gasteiger partial charge in [0.2, 0.25) is 0 Å². The van der Waals surface area contributed by atoms with Gasteiger partial charge in [0.05, 0.1) is 10.4 Å². The molecule has 102 valence electrons. The highest BCUT2D eigenvalue weighted by atomic mass is 35.5. The van der Waals surface area contributed by atoms with Crippen LogP contribution in [-0.4, -0.2) is 29.3 Å². The van der Waals surface area contributed by atoms with Crippen molar-refractivity contribution in [2.24, 2.45) is 5.41 Å². The maximum Gasteiger partial charge on any atom is 0.254 e. The van der Waals surface area contributed by atoms with Gasteiger partial charge in [-0.15, -0.1) is 11.3 Å². The second kappa shape index (κ2) is 5.35. The van der Waals surface area contributed by atoms with Gasteiger partial charge in [0.25, 0.3) is 5.91 Å². The van der Waals surface area contributed by atoms with E-state index in [9.17, 15) is 4.79 Å². The van der Waals surface area contributed by atoms with Crippen LogP contribution in [0.25, 0.3) is 0 Å². The van der Waals surface area contributed by atoms with Gasteiger partial charge in [-0.05, 0) is 31.4 Å². The number of anilines is 1. The van der Waals surface area contributed by atoms with Crippen LogP contribution in [0, 0.1) is 5.41 Å². The Morgan fingerprint density at radius 2 is 2.32 bits per heavy atom. The third kappa shape index (κ3) is 2.98. The maximum absolute atomic E-state index is 12.4. The first-order valence-electron chi connectivity index (χ1n) is 5.90. The fourth-order valence-electron chi connectivity index (χ4n) is 1.99. The van der Waals surface area contributed by atoms with Gasteiger partial charge in [0, 0.05) is 26.0 Å². The summed E-state index contributed by atoms with van der Waals surface area (Å²) in [4.78, 5) is 14.4. The number of carbonyl (C=O) groups is 1. The molecule has 2 heterocycles. The molecule has 0 aliphatic rings. The summed E-state index contributed by atoms with van der Waals surface area (Å²) in [5.74, 6) is -0.0305. The Morgan fingerprint density at radius 3 is 2.84 bits per heavy atom. The minimum absolute atomic E-state index is 0.0305. The van der Waals surface area contributed by atoms with Gasteiger partial charge in [-0.1, -0.05) is 11.6 Å².